The van der Waals surface area contributed by atoms with Crippen LogP contribution in [-0.2, 0) is 6.54 Å². The van der Waals surface area contributed by atoms with Crippen LogP contribution < -0.4 is 10.2 Å². The number of aryl methyl sites for hydroxylation is 2. The van der Waals surface area contributed by atoms with Gasteiger partial charge in [-0.2, -0.15) is 0 Å². The molecule has 0 spiro atoms. The number of fused-ring (bicyclic) bond motifs is 2. The molecule has 1 saturated heterocycles. The van der Waals surface area contributed by atoms with Crippen molar-refractivity contribution >= 4 is 5.82 Å². The predicted octanol–water partition coefficient (Wildman–Crippen LogP) is 3.43. The van der Waals surface area contributed by atoms with Gasteiger partial charge in [0.25, 0.3) is 0 Å². The molecule has 0 amide bonds. The maximum absolute atomic E-state index is 4.92. The Bertz CT molecular complexity index is 509. The highest BCUT2D eigenvalue weighted by Gasteiger charge is 2.39. The van der Waals surface area contributed by atoms with Gasteiger partial charge in [0.15, 0.2) is 0 Å². The summed E-state index contributed by atoms with van der Waals surface area (Å²) < 4.78 is 0. The highest BCUT2D eigenvalue weighted by atomic mass is 15.2. The normalized spacial score (nSPS) is 24.3. The Morgan fingerprint density at radius 3 is 2.76 bits per heavy atom. The summed E-state index contributed by atoms with van der Waals surface area (Å²) in [5.74, 6) is 2.86. The van der Waals surface area contributed by atoms with Gasteiger partial charge in [-0.3, -0.25) is 0 Å². The summed E-state index contributed by atoms with van der Waals surface area (Å²) in [5, 5.41) is 3.60. The maximum Gasteiger partial charge on any atom is 0.133 e. The lowest BCUT2D eigenvalue weighted by atomic mass is 10.1. The van der Waals surface area contributed by atoms with Crippen LogP contribution in [0, 0.1) is 25.7 Å². The van der Waals surface area contributed by atoms with Gasteiger partial charge in [-0.25, -0.2) is 4.98 Å². The van der Waals surface area contributed by atoms with Crippen LogP contribution >= 0.6 is 0 Å². The average Bonchev–Trinajstić information content (AvgIpc) is 3.02. The Hall–Kier alpha value is -1.09. The number of rotatable bonds is 5. The number of hydrogen-bond acceptors (Lipinski definition) is 3. The highest BCUT2D eigenvalue weighted by molar-refractivity contribution is 5.53. The summed E-state index contributed by atoms with van der Waals surface area (Å²) in [5.41, 5.74) is 3.95. The fraction of sp³-hybridized carbons (Fsp3) is 0.722. The molecule has 21 heavy (non-hydrogen) atoms. The smallest absolute Gasteiger partial charge is 0.133 e. The van der Waals surface area contributed by atoms with E-state index < -0.39 is 0 Å². The van der Waals surface area contributed by atoms with E-state index in [4.69, 9.17) is 4.98 Å². The van der Waals surface area contributed by atoms with Gasteiger partial charge in [-0.15, -0.1) is 0 Å². The van der Waals surface area contributed by atoms with Crippen molar-refractivity contribution in [2.75, 3.05) is 18.0 Å². The van der Waals surface area contributed by atoms with Crippen molar-refractivity contribution in [1.82, 2.24) is 10.3 Å². The summed E-state index contributed by atoms with van der Waals surface area (Å²) in [7, 11) is 0. The zero-order chi connectivity index (χ0) is 15.0. The van der Waals surface area contributed by atoms with Crippen LogP contribution in [0.15, 0.2) is 6.07 Å². The van der Waals surface area contributed by atoms with E-state index >= 15 is 0 Å². The van der Waals surface area contributed by atoms with Gasteiger partial charge in [0.1, 0.15) is 5.82 Å². The van der Waals surface area contributed by atoms with Gasteiger partial charge in [-0.05, 0) is 63.1 Å². The molecule has 2 heterocycles. The van der Waals surface area contributed by atoms with Crippen molar-refractivity contribution in [2.24, 2.45) is 11.8 Å². The van der Waals surface area contributed by atoms with Gasteiger partial charge in [-0.1, -0.05) is 13.8 Å². The van der Waals surface area contributed by atoms with E-state index in [9.17, 15) is 0 Å². The van der Waals surface area contributed by atoms with Crippen LogP contribution in [0.4, 0.5) is 5.82 Å². The Balaban J connectivity index is 1.84. The summed E-state index contributed by atoms with van der Waals surface area (Å²) in [6.07, 6.45) is 4.17. The molecule has 2 bridgehead atoms. The minimum absolute atomic E-state index is 0.690. The number of piperidine rings is 1. The average molecular weight is 287 g/mol. The molecule has 2 fully saturated rings. The number of hydrogen-bond donors (Lipinski definition) is 1. The third kappa shape index (κ3) is 3.08. The van der Waals surface area contributed by atoms with E-state index in [0.29, 0.717) is 5.92 Å². The summed E-state index contributed by atoms with van der Waals surface area (Å²) in [6, 6.07) is 2.97. The van der Waals surface area contributed by atoms with E-state index in [0.717, 1.165) is 30.7 Å². The summed E-state index contributed by atoms with van der Waals surface area (Å²) in [4.78, 5) is 7.52. The third-order valence-electron chi connectivity index (χ3n) is 4.99. The van der Waals surface area contributed by atoms with Crippen LogP contribution in [0.25, 0.3) is 0 Å². The van der Waals surface area contributed by atoms with Crippen LogP contribution in [0.2, 0.25) is 0 Å². The molecule has 2 aliphatic rings. The van der Waals surface area contributed by atoms with Crippen LogP contribution in [0.5, 0.6) is 0 Å². The van der Waals surface area contributed by atoms with Gasteiger partial charge < -0.3 is 10.2 Å². The third-order valence-corrected chi connectivity index (χ3v) is 4.99. The van der Waals surface area contributed by atoms with Crippen LogP contribution in [0.3, 0.4) is 0 Å². The zero-order valence-electron chi connectivity index (χ0n) is 13.9. The number of aromatic nitrogens is 1. The first-order valence-electron chi connectivity index (χ1n) is 8.49. The van der Waals surface area contributed by atoms with Crippen molar-refractivity contribution in [1.29, 1.82) is 0 Å². The molecule has 116 valence electrons. The van der Waals surface area contributed by atoms with Crippen LogP contribution in [-0.4, -0.2) is 24.1 Å². The highest BCUT2D eigenvalue weighted by Crippen LogP contribution is 2.41. The van der Waals surface area contributed by atoms with Crippen molar-refractivity contribution in [3.05, 3.63) is 22.9 Å². The monoisotopic (exact) mass is 287 g/mol. The summed E-state index contributed by atoms with van der Waals surface area (Å²) in [6.45, 7) is 12.1. The Morgan fingerprint density at radius 2 is 2.14 bits per heavy atom. The van der Waals surface area contributed by atoms with Crippen molar-refractivity contribution in [3.63, 3.8) is 0 Å². The molecule has 3 nitrogen and oxygen atoms in total. The largest absolute Gasteiger partial charge is 0.353 e. The molecule has 1 aliphatic heterocycles. The number of nitrogens with zero attached hydrogens (tertiary/aromatic N) is 2. The first-order valence-corrected chi connectivity index (χ1v) is 8.49. The van der Waals surface area contributed by atoms with Gasteiger partial charge in [0.2, 0.25) is 0 Å². The second-order valence-electron chi connectivity index (χ2n) is 7.39. The fourth-order valence-corrected chi connectivity index (χ4v) is 3.97. The van der Waals surface area contributed by atoms with Crippen molar-refractivity contribution in [3.8, 4) is 0 Å². The number of pyridine rings is 1. The summed E-state index contributed by atoms with van der Waals surface area (Å²) >= 11 is 0. The SMILES string of the molecule is Cc1cc(C)c(CNCC(C)C)c(N2CC3CCC2C3)n1. The molecule has 0 aromatic carbocycles. The van der Waals surface area contributed by atoms with Gasteiger partial charge in [0, 0.05) is 30.4 Å². The molecule has 1 N–H and O–H groups in total. The lowest BCUT2D eigenvalue weighted by molar-refractivity contribution is 0.538. The van der Waals surface area contributed by atoms with E-state index in [1.54, 1.807) is 0 Å². The number of nitrogens with one attached hydrogen (secondary N) is 1. The Morgan fingerprint density at radius 1 is 1.33 bits per heavy atom. The Kier molecular flexibility index (Phi) is 4.21. The topological polar surface area (TPSA) is 28.2 Å². The van der Waals surface area contributed by atoms with Crippen LogP contribution in [0.1, 0.15) is 49.9 Å². The maximum atomic E-state index is 4.92. The molecule has 2 atom stereocenters. The predicted molar refractivity (Wildman–Crippen MR) is 88.7 cm³/mol. The molecular formula is C18H29N3. The lowest BCUT2D eigenvalue weighted by Crippen LogP contribution is -2.34. The molecule has 3 rings (SSSR count). The Labute approximate surface area is 129 Å². The van der Waals surface area contributed by atoms with Gasteiger partial charge in [0.05, 0.1) is 0 Å². The molecule has 3 heteroatoms. The molecule has 0 radical (unpaired) electrons. The van der Waals surface area contributed by atoms with E-state index in [2.05, 4.69) is 44.0 Å². The van der Waals surface area contributed by atoms with E-state index in [1.807, 2.05) is 0 Å². The molecule has 1 aromatic heterocycles. The molecule has 1 aromatic rings. The molecule has 2 unspecified atom stereocenters. The first kappa shape index (κ1) is 14.8. The second-order valence-corrected chi connectivity index (χ2v) is 7.39. The standard InChI is InChI=1S/C18H29N3/c1-12(2)9-19-10-17-13(3)7-14(4)20-18(17)21-11-15-5-6-16(21)8-15/h7,12,15-16,19H,5-6,8-11H2,1-4H3. The zero-order valence-corrected chi connectivity index (χ0v) is 13.9. The van der Waals surface area contributed by atoms with Gasteiger partial charge >= 0.3 is 0 Å². The fourth-order valence-electron chi connectivity index (χ4n) is 3.97. The lowest BCUT2D eigenvalue weighted by Gasteiger charge is -2.31. The first-order chi connectivity index (χ1) is 10.0. The van der Waals surface area contributed by atoms with E-state index in [-0.39, 0.29) is 0 Å². The minimum atomic E-state index is 0.690. The van der Waals surface area contributed by atoms with Crippen molar-refractivity contribution < 1.29 is 0 Å². The minimum Gasteiger partial charge on any atom is -0.353 e. The molecular weight excluding hydrogens is 258 g/mol. The second kappa shape index (κ2) is 5.96. The molecule has 1 saturated carbocycles. The van der Waals surface area contributed by atoms with Crippen molar-refractivity contribution in [2.45, 2.75) is 59.5 Å². The van der Waals surface area contributed by atoms with E-state index in [1.165, 1.54) is 42.8 Å². The quantitative estimate of drug-likeness (QED) is 0.899. The molecule has 1 aliphatic carbocycles. The number of anilines is 1.